The van der Waals surface area contributed by atoms with E-state index < -0.39 is 5.60 Å². The molecule has 2 aromatic rings. The number of likely N-dealkylation sites (tertiary alicyclic amines) is 1. The first kappa shape index (κ1) is 18.2. The molecular weight excluding hydrogens is 340 g/mol. The van der Waals surface area contributed by atoms with Crippen molar-refractivity contribution in [2.75, 3.05) is 18.4 Å². The maximum absolute atomic E-state index is 12.5. The second-order valence-corrected chi connectivity index (χ2v) is 7.89. The van der Waals surface area contributed by atoms with Crippen molar-refractivity contribution in [1.82, 2.24) is 14.7 Å². The first-order chi connectivity index (χ1) is 13.1. The van der Waals surface area contributed by atoms with Crippen LogP contribution >= 0.6 is 0 Å². The number of piperidine rings is 1. The van der Waals surface area contributed by atoms with Crippen LogP contribution in [-0.4, -0.2) is 44.8 Å². The maximum Gasteiger partial charge on any atom is 0.239 e. The molecule has 1 saturated heterocycles. The van der Waals surface area contributed by atoms with Crippen molar-refractivity contribution < 1.29 is 9.90 Å². The molecule has 0 radical (unpaired) electrons. The van der Waals surface area contributed by atoms with Gasteiger partial charge in [-0.25, -0.2) is 0 Å². The molecule has 1 aromatic heterocycles. The smallest absolute Gasteiger partial charge is 0.239 e. The number of aliphatic hydroxyl groups is 1. The van der Waals surface area contributed by atoms with Crippen molar-refractivity contribution in [1.29, 1.82) is 0 Å². The number of aryl methyl sites for hydroxylation is 1. The highest BCUT2D eigenvalue weighted by Gasteiger charge is 2.49. The highest BCUT2D eigenvalue weighted by molar-refractivity contribution is 5.91. The molecule has 4 rings (SSSR count). The summed E-state index contributed by atoms with van der Waals surface area (Å²) >= 11 is 0. The number of hydrogen-bond acceptors (Lipinski definition) is 4. The average Bonchev–Trinajstić information content (AvgIpc) is 3.09. The number of anilines is 1. The summed E-state index contributed by atoms with van der Waals surface area (Å²) in [5.41, 5.74) is 0.222. The molecule has 0 bridgehead atoms. The zero-order chi connectivity index (χ0) is 18.9. The van der Waals surface area contributed by atoms with Gasteiger partial charge in [0.15, 0.2) is 5.82 Å². The summed E-state index contributed by atoms with van der Waals surface area (Å²) in [5, 5.41) is 18.7. The Balaban J connectivity index is 1.49. The molecule has 2 aliphatic rings. The summed E-state index contributed by atoms with van der Waals surface area (Å²) in [6.07, 6.45) is 6.82. The van der Waals surface area contributed by atoms with Crippen LogP contribution in [0.2, 0.25) is 0 Å². The number of rotatable bonds is 4. The number of carbonyl (C=O) groups excluding carboxylic acids is 1. The number of hydrogen-bond donors (Lipinski definition) is 2. The Hall–Kier alpha value is -2.18. The summed E-state index contributed by atoms with van der Waals surface area (Å²) in [4.78, 5) is 14.8. The molecule has 1 aliphatic carbocycles. The molecule has 0 spiro atoms. The third kappa shape index (κ3) is 3.64. The van der Waals surface area contributed by atoms with Gasteiger partial charge in [0.1, 0.15) is 0 Å². The Morgan fingerprint density at radius 1 is 1.26 bits per heavy atom. The number of carbonyl (C=O) groups is 1. The molecular formula is C21H28N4O2. The van der Waals surface area contributed by atoms with Crippen molar-refractivity contribution in [3.05, 3.63) is 48.2 Å². The Bertz CT molecular complexity index is 790. The molecule has 2 fully saturated rings. The minimum Gasteiger partial charge on any atom is -0.385 e. The second-order valence-electron chi connectivity index (χ2n) is 7.89. The van der Waals surface area contributed by atoms with Gasteiger partial charge >= 0.3 is 0 Å². The lowest BCUT2D eigenvalue weighted by Crippen LogP contribution is -2.58. The van der Waals surface area contributed by atoms with Crippen LogP contribution < -0.4 is 5.32 Å². The lowest BCUT2D eigenvalue weighted by atomic mass is 9.66. The molecule has 2 heterocycles. The van der Waals surface area contributed by atoms with Crippen LogP contribution in [0.15, 0.2) is 42.6 Å². The molecule has 27 heavy (non-hydrogen) atoms. The highest BCUT2D eigenvalue weighted by atomic mass is 16.3. The van der Waals surface area contributed by atoms with E-state index in [1.54, 1.807) is 10.7 Å². The van der Waals surface area contributed by atoms with Gasteiger partial charge in [-0.2, -0.15) is 5.10 Å². The third-order valence-electron chi connectivity index (χ3n) is 6.19. The zero-order valence-corrected chi connectivity index (χ0v) is 15.8. The SMILES string of the molecule is Cn1ccc(NC(=O)CN2CC[C@@](O)(c3ccccc3)[C@H]3CCCC[C@H]32)n1. The van der Waals surface area contributed by atoms with Crippen molar-refractivity contribution in [3.8, 4) is 0 Å². The molecule has 1 saturated carbocycles. The number of amides is 1. The summed E-state index contributed by atoms with van der Waals surface area (Å²) < 4.78 is 1.67. The summed E-state index contributed by atoms with van der Waals surface area (Å²) in [6, 6.07) is 12.1. The Morgan fingerprint density at radius 3 is 2.78 bits per heavy atom. The molecule has 2 N–H and O–H groups in total. The van der Waals surface area contributed by atoms with E-state index >= 15 is 0 Å². The van der Waals surface area contributed by atoms with E-state index in [2.05, 4.69) is 15.3 Å². The molecule has 144 valence electrons. The Kier molecular flexibility index (Phi) is 5.02. The van der Waals surface area contributed by atoms with E-state index in [9.17, 15) is 9.90 Å². The number of aromatic nitrogens is 2. The highest BCUT2D eigenvalue weighted by Crippen LogP contribution is 2.46. The maximum atomic E-state index is 12.5. The first-order valence-electron chi connectivity index (χ1n) is 9.88. The van der Waals surface area contributed by atoms with E-state index in [-0.39, 0.29) is 17.9 Å². The summed E-state index contributed by atoms with van der Waals surface area (Å²) in [7, 11) is 1.83. The van der Waals surface area contributed by atoms with E-state index in [1.807, 2.05) is 43.6 Å². The van der Waals surface area contributed by atoms with Gasteiger partial charge in [0.2, 0.25) is 5.91 Å². The quantitative estimate of drug-likeness (QED) is 0.870. The molecule has 0 unspecified atom stereocenters. The van der Waals surface area contributed by atoms with Gasteiger partial charge < -0.3 is 10.4 Å². The number of fused-ring (bicyclic) bond motifs is 1. The van der Waals surface area contributed by atoms with Crippen LogP contribution in [0, 0.1) is 5.92 Å². The van der Waals surface area contributed by atoms with Gasteiger partial charge in [0.05, 0.1) is 12.1 Å². The number of nitrogens with zero attached hydrogens (tertiary/aromatic N) is 3. The van der Waals surface area contributed by atoms with Gasteiger partial charge in [-0.15, -0.1) is 0 Å². The van der Waals surface area contributed by atoms with Crippen LogP contribution in [0.3, 0.4) is 0 Å². The summed E-state index contributed by atoms with van der Waals surface area (Å²) in [6.45, 7) is 1.07. The largest absolute Gasteiger partial charge is 0.385 e. The van der Waals surface area contributed by atoms with Crippen LogP contribution in [0.4, 0.5) is 5.82 Å². The van der Waals surface area contributed by atoms with Gasteiger partial charge in [-0.3, -0.25) is 14.4 Å². The van der Waals surface area contributed by atoms with Gasteiger partial charge in [0, 0.05) is 37.8 Å². The van der Waals surface area contributed by atoms with E-state index in [1.165, 1.54) is 0 Å². The van der Waals surface area contributed by atoms with Gasteiger partial charge in [0.25, 0.3) is 0 Å². The molecule has 1 amide bonds. The van der Waals surface area contributed by atoms with Crippen molar-refractivity contribution in [2.24, 2.45) is 13.0 Å². The minimum absolute atomic E-state index is 0.0387. The normalized spacial score (nSPS) is 28.5. The molecule has 6 heteroatoms. The lowest BCUT2D eigenvalue weighted by Gasteiger charge is -2.52. The zero-order valence-electron chi connectivity index (χ0n) is 15.8. The molecule has 1 aromatic carbocycles. The fourth-order valence-corrected chi connectivity index (χ4v) is 4.90. The third-order valence-corrected chi connectivity index (χ3v) is 6.19. The number of nitrogens with one attached hydrogen (secondary N) is 1. The van der Waals surface area contributed by atoms with Crippen molar-refractivity contribution >= 4 is 11.7 Å². The second kappa shape index (κ2) is 7.44. The van der Waals surface area contributed by atoms with Crippen molar-refractivity contribution in [2.45, 2.75) is 43.7 Å². The predicted molar refractivity (Wildman–Crippen MR) is 104 cm³/mol. The Morgan fingerprint density at radius 2 is 2.04 bits per heavy atom. The minimum atomic E-state index is -0.791. The van der Waals surface area contributed by atoms with Gasteiger partial charge in [-0.1, -0.05) is 43.2 Å². The standard InChI is InChI=1S/C21H28N4O2/c1-24-13-11-19(23-24)22-20(26)15-25-14-12-21(27,16-7-3-2-4-8-16)17-9-5-6-10-18(17)25/h2-4,7-8,11,13,17-18,27H,5-6,9-10,12,14-15H2,1H3,(H,22,23,26)/t17-,18+,21+/m0/s1. The van der Waals surface area contributed by atoms with Crippen LogP contribution in [0.1, 0.15) is 37.7 Å². The van der Waals surface area contributed by atoms with Crippen LogP contribution in [0.5, 0.6) is 0 Å². The lowest BCUT2D eigenvalue weighted by molar-refractivity contribution is -0.133. The average molecular weight is 368 g/mol. The predicted octanol–water partition coefficient (Wildman–Crippen LogP) is 2.51. The Labute approximate surface area is 160 Å². The first-order valence-corrected chi connectivity index (χ1v) is 9.88. The van der Waals surface area contributed by atoms with E-state index in [0.29, 0.717) is 18.8 Å². The molecule has 1 aliphatic heterocycles. The topological polar surface area (TPSA) is 70.4 Å². The fraction of sp³-hybridized carbons (Fsp3) is 0.524. The van der Waals surface area contributed by atoms with Crippen LogP contribution in [-0.2, 0) is 17.4 Å². The van der Waals surface area contributed by atoms with E-state index in [4.69, 9.17) is 0 Å². The number of benzene rings is 1. The summed E-state index contributed by atoms with van der Waals surface area (Å²) in [5.74, 6) is 0.716. The van der Waals surface area contributed by atoms with Crippen molar-refractivity contribution in [3.63, 3.8) is 0 Å². The molecule has 6 nitrogen and oxygen atoms in total. The van der Waals surface area contributed by atoms with E-state index in [0.717, 1.165) is 37.8 Å². The monoisotopic (exact) mass is 368 g/mol. The van der Waals surface area contributed by atoms with Gasteiger partial charge in [-0.05, 0) is 24.8 Å². The fourth-order valence-electron chi connectivity index (χ4n) is 4.90. The van der Waals surface area contributed by atoms with Crippen LogP contribution in [0.25, 0.3) is 0 Å². The molecule has 3 atom stereocenters.